The van der Waals surface area contributed by atoms with Gasteiger partial charge >= 0.3 is 0 Å². The molecule has 1 N–H and O–H groups in total. The lowest BCUT2D eigenvalue weighted by Crippen LogP contribution is -1.92. The summed E-state index contributed by atoms with van der Waals surface area (Å²) in [6.07, 6.45) is 0.891. The molecule has 0 atom stereocenters. The fraction of sp³-hybridized carbons (Fsp3) is 0.158. The van der Waals surface area contributed by atoms with Gasteiger partial charge in [0.25, 0.3) is 0 Å². The molecule has 20 heavy (non-hydrogen) atoms. The first kappa shape index (κ1) is 12.7. The summed E-state index contributed by atoms with van der Waals surface area (Å²) in [5.41, 5.74) is 4.72. The Morgan fingerprint density at radius 3 is 2.35 bits per heavy atom. The van der Waals surface area contributed by atoms with Gasteiger partial charge in [-0.3, -0.25) is 0 Å². The van der Waals surface area contributed by atoms with Crippen molar-refractivity contribution in [2.75, 3.05) is 0 Å². The summed E-state index contributed by atoms with van der Waals surface area (Å²) in [5, 5.41) is 12.3. The SMILES string of the molecule is Cc1ccc2c(O)c(C)cc(Cc3ccccc3)c2c1. The van der Waals surface area contributed by atoms with Gasteiger partial charge in [0.15, 0.2) is 0 Å². The zero-order valence-electron chi connectivity index (χ0n) is 11.9. The van der Waals surface area contributed by atoms with E-state index in [1.165, 1.54) is 16.7 Å². The van der Waals surface area contributed by atoms with Gasteiger partial charge < -0.3 is 5.11 Å². The van der Waals surface area contributed by atoms with E-state index in [-0.39, 0.29) is 0 Å². The Balaban J connectivity index is 2.19. The third-order valence-electron chi connectivity index (χ3n) is 3.78. The van der Waals surface area contributed by atoms with Crippen molar-refractivity contribution in [3.63, 3.8) is 0 Å². The lowest BCUT2D eigenvalue weighted by Gasteiger charge is -2.12. The molecule has 0 fully saturated rings. The molecule has 0 radical (unpaired) electrons. The lowest BCUT2D eigenvalue weighted by molar-refractivity contribution is 0.477. The second-order valence-corrected chi connectivity index (χ2v) is 5.41. The van der Waals surface area contributed by atoms with Crippen molar-refractivity contribution >= 4 is 10.8 Å². The Labute approximate surface area is 119 Å². The van der Waals surface area contributed by atoms with Crippen LogP contribution in [0.4, 0.5) is 0 Å². The van der Waals surface area contributed by atoms with E-state index in [0.29, 0.717) is 5.75 Å². The number of benzene rings is 3. The Hall–Kier alpha value is -2.28. The van der Waals surface area contributed by atoms with E-state index < -0.39 is 0 Å². The molecule has 0 saturated carbocycles. The molecule has 3 rings (SSSR count). The summed E-state index contributed by atoms with van der Waals surface area (Å²) in [5.74, 6) is 0.400. The topological polar surface area (TPSA) is 20.2 Å². The molecule has 100 valence electrons. The molecule has 1 heteroatoms. The van der Waals surface area contributed by atoms with Crippen molar-refractivity contribution in [3.8, 4) is 5.75 Å². The van der Waals surface area contributed by atoms with Crippen LogP contribution in [0.1, 0.15) is 22.3 Å². The molecular formula is C19H18O. The Morgan fingerprint density at radius 1 is 0.850 bits per heavy atom. The second-order valence-electron chi connectivity index (χ2n) is 5.41. The zero-order chi connectivity index (χ0) is 14.1. The highest BCUT2D eigenvalue weighted by Crippen LogP contribution is 2.33. The molecule has 0 amide bonds. The van der Waals surface area contributed by atoms with Gasteiger partial charge in [-0.25, -0.2) is 0 Å². The number of hydrogen-bond donors (Lipinski definition) is 1. The molecule has 0 heterocycles. The molecular weight excluding hydrogens is 244 g/mol. The highest BCUT2D eigenvalue weighted by molar-refractivity contribution is 5.92. The van der Waals surface area contributed by atoms with Gasteiger partial charge in [-0.2, -0.15) is 0 Å². The van der Waals surface area contributed by atoms with Crippen molar-refractivity contribution < 1.29 is 5.11 Å². The van der Waals surface area contributed by atoms with Crippen molar-refractivity contribution in [1.29, 1.82) is 0 Å². The standard InChI is InChI=1S/C19H18O/c1-13-8-9-17-18(10-13)16(11-14(2)19(17)20)12-15-6-4-3-5-7-15/h3-11,20H,12H2,1-2H3. The number of aryl methyl sites for hydroxylation is 2. The van der Waals surface area contributed by atoms with Gasteiger partial charge in [-0.05, 0) is 42.3 Å². The molecule has 0 aromatic heterocycles. The summed E-state index contributed by atoms with van der Waals surface area (Å²) in [6, 6.07) is 18.8. The maximum absolute atomic E-state index is 10.2. The average Bonchev–Trinajstić information content (AvgIpc) is 2.45. The van der Waals surface area contributed by atoms with Crippen LogP contribution in [0, 0.1) is 13.8 Å². The minimum Gasteiger partial charge on any atom is -0.507 e. The molecule has 0 unspecified atom stereocenters. The van der Waals surface area contributed by atoms with E-state index in [0.717, 1.165) is 22.8 Å². The van der Waals surface area contributed by atoms with E-state index in [1.807, 2.05) is 25.1 Å². The third-order valence-corrected chi connectivity index (χ3v) is 3.78. The van der Waals surface area contributed by atoms with E-state index in [1.54, 1.807) is 0 Å². The first-order valence-electron chi connectivity index (χ1n) is 6.91. The van der Waals surface area contributed by atoms with Gasteiger partial charge in [0.2, 0.25) is 0 Å². The fourth-order valence-corrected chi connectivity index (χ4v) is 2.71. The number of phenolic OH excluding ortho intramolecular Hbond substituents is 1. The van der Waals surface area contributed by atoms with Crippen LogP contribution in [0.25, 0.3) is 10.8 Å². The minimum atomic E-state index is 0.400. The number of fused-ring (bicyclic) bond motifs is 1. The monoisotopic (exact) mass is 262 g/mol. The molecule has 3 aromatic rings. The van der Waals surface area contributed by atoms with Crippen LogP contribution >= 0.6 is 0 Å². The molecule has 1 nitrogen and oxygen atoms in total. The smallest absolute Gasteiger partial charge is 0.126 e. The van der Waals surface area contributed by atoms with Crippen molar-refractivity contribution in [2.24, 2.45) is 0 Å². The van der Waals surface area contributed by atoms with Gasteiger partial charge in [0, 0.05) is 5.39 Å². The number of aromatic hydroxyl groups is 1. The average molecular weight is 262 g/mol. The van der Waals surface area contributed by atoms with Crippen molar-refractivity contribution in [3.05, 3.63) is 76.9 Å². The van der Waals surface area contributed by atoms with Crippen LogP contribution in [0.2, 0.25) is 0 Å². The predicted molar refractivity (Wildman–Crippen MR) is 84.3 cm³/mol. The van der Waals surface area contributed by atoms with Crippen molar-refractivity contribution in [2.45, 2.75) is 20.3 Å². The molecule has 0 spiro atoms. The Kier molecular flexibility index (Phi) is 3.19. The van der Waals surface area contributed by atoms with Gasteiger partial charge in [-0.15, -0.1) is 0 Å². The maximum Gasteiger partial charge on any atom is 0.126 e. The molecule has 0 aliphatic rings. The van der Waals surface area contributed by atoms with Crippen LogP contribution in [0.5, 0.6) is 5.75 Å². The Morgan fingerprint density at radius 2 is 1.60 bits per heavy atom. The Bertz CT molecular complexity index is 758. The van der Waals surface area contributed by atoms with Gasteiger partial charge in [0.1, 0.15) is 5.75 Å². The number of hydrogen-bond acceptors (Lipinski definition) is 1. The van der Waals surface area contributed by atoms with Crippen LogP contribution in [0.3, 0.4) is 0 Å². The third kappa shape index (κ3) is 2.27. The first-order chi connectivity index (χ1) is 9.65. The number of rotatable bonds is 2. The van der Waals surface area contributed by atoms with Crippen molar-refractivity contribution in [1.82, 2.24) is 0 Å². The molecule has 0 aliphatic heterocycles. The normalized spacial score (nSPS) is 10.9. The van der Waals surface area contributed by atoms with E-state index in [9.17, 15) is 5.11 Å². The molecule has 0 saturated heterocycles. The summed E-state index contributed by atoms with van der Waals surface area (Å²) >= 11 is 0. The second kappa shape index (κ2) is 5.01. The van der Waals surface area contributed by atoms with Crippen LogP contribution in [-0.2, 0) is 6.42 Å². The van der Waals surface area contributed by atoms with Crippen LogP contribution in [-0.4, -0.2) is 5.11 Å². The minimum absolute atomic E-state index is 0.400. The molecule has 3 aromatic carbocycles. The highest BCUT2D eigenvalue weighted by atomic mass is 16.3. The quantitative estimate of drug-likeness (QED) is 0.706. The highest BCUT2D eigenvalue weighted by Gasteiger charge is 2.09. The van der Waals surface area contributed by atoms with E-state index in [4.69, 9.17) is 0 Å². The lowest BCUT2D eigenvalue weighted by atomic mass is 9.94. The van der Waals surface area contributed by atoms with Gasteiger partial charge in [-0.1, -0.05) is 60.2 Å². The maximum atomic E-state index is 10.2. The van der Waals surface area contributed by atoms with Crippen LogP contribution < -0.4 is 0 Å². The summed E-state index contributed by atoms with van der Waals surface area (Å²) in [7, 11) is 0. The zero-order valence-corrected chi connectivity index (χ0v) is 11.9. The molecule has 0 aliphatic carbocycles. The summed E-state index contributed by atoms with van der Waals surface area (Å²) in [6.45, 7) is 4.05. The van der Waals surface area contributed by atoms with Gasteiger partial charge in [0.05, 0.1) is 0 Å². The summed E-state index contributed by atoms with van der Waals surface area (Å²) in [4.78, 5) is 0. The van der Waals surface area contributed by atoms with E-state index in [2.05, 4.69) is 43.3 Å². The molecule has 0 bridgehead atoms. The summed E-state index contributed by atoms with van der Waals surface area (Å²) < 4.78 is 0. The fourth-order valence-electron chi connectivity index (χ4n) is 2.71. The van der Waals surface area contributed by atoms with E-state index >= 15 is 0 Å². The predicted octanol–water partition coefficient (Wildman–Crippen LogP) is 4.75. The van der Waals surface area contributed by atoms with Crippen LogP contribution in [0.15, 0.2) is 54.6 Å². The number of phenols is 1. The largest absolute Gasteiger partial charge is 0.507 e. The first-order valence-corrected chi connectivity index (χ1v) is 6.91.